The van der Waals surface area contributed by atoms with Crippen molar-refractivity contribution in [2.45, 2.75) is 6.04 Å². The molecule has 1 aliphatic rings. The van der Waals surface area contributed by atoms with Gasteiger partial charge in [-0.1, -0.05) is 21.6 Å². The molecule has 1 heterocycles. The molecule has 1 fully saturated rings. The lowest BCUT2D eigenvalue weighted by Crippen LogP contribution is -2.46. The van der Waals surface area contributed by atoms with Gasteiger partial charge in [0.25, 0.3) is 0 Å². The highest BCUT2D eigenvalue weighted by Gasteiger charge is 2.16. The van der Waals surface area contributed by atoms with Gasteiger partial charge in [0.2, 0.25) is 0 Å². The van der Waals surface area contributed by atoms with Gasteiger partial charge < -0.3 is 10.1 Å². The van der Waals surface area contributed by atoms with E-state index in [9.17, 15) is 0 Å². The van der Waals surface area contributed by atoms with E-state index in [-0.39, 0.29) is 0 Å². The van der Waals surface area contributed by atoms with Crippen molar-refractivity contribution in [1.82, 2.24) is 5.32 Å². The Morgan fingerprint density at radius 1 is 1.60 bits per heavy atom. The van der Waals surface area contributed by atoms with Gasteiger partial charge in [0.15, 0.2) is 0 Å². The van der Waals surface area contributed by atoms with Crippen LogP contribution in [-0.4, -0.2) is 37.8 Å². The Hall–Kier alpha value is 0.620. The third-order valence-electron chi connectivity index (χ3n) is 1.37. The molecule has 0 aromatic rings. The Labute approximate surface area is 69.9 Å². The molecule has 1 aliphatic heterocycles. The van der Waals surface area contributed by atoms with Crippen molar-refractivity contribution in [3.05, 3.63) is 0 Å². The van der Waals surface area contributed by atoms with Gasteiger partial charge in [-0.25, -0.2) is 0 Å². The summed E-state index contributed by atoms with van der Waals surface area (Å²) in [5.74, 6) is 1.19. The molecule has 0 unspecified atom stereocenters. The summed E-state index contributed by atoms with van der Waals surface area (Å²) < 4.78 is 5.02. The van der Waals surface area contributed by atoms with Crippen LogP contribution in [-0.2, 0) is 4.74 Å². The number of hydrogen-bond donors (Lipinski definition) is 1. The summed E-state index contributed by atoms with van der Waals surface area (Å²) in [7, 11) is 3.72. The number of hydrogen-bond acceptors (Lipinski definition) is 4. The molecule has 60 valence electrons. The van der Waals surface area contributed by atoms with E-state index in [0.717, 1.165) is 19.8 Å². The normalized spacial score (nSPS) is 18.9. The number of nitrogens with one attached hydrogen (secondary N) is 1. The molecule has 1 saturated heterocycles. The van der Waals surface area contributed by atoms with Crippen LogP contribution < -0.4 is 5.32 Å². The molecule has 1 rings (SSSR count). The molecule has 0 radical (unpaired) electrons. The molecule has 10 heavy (non-hydrogen) atoms. The van der Waals surface area contributed by atoms with Crippen molar-refractivity contribution in [3.8, 4) is 0 Å². The molecule has 0 aromatic heterocycles. The molecule has 0 spiro atoms. The lowest BCUT2D eigenvalue weighted by atomic mass is 10.3. The quantitative estimate of drug-likeness (QED) is 0.501. The number of rotatable bonds is 5. The highest BCUT2D eigenvalue weighted by atomic mass is 33.1. The molecular formula is C6H13NOS2. The second-order valence-electron chi connectivity index (χ2n) is 2.18. The topological polar surface area (TPSA) is 21.3 Å². The van der Waals surface area contributed by atoms with Crippen LogP contribution in [0.5, 0.6) is 0 Å². The fraction of sp³-hybridized carbons (Fsp3) is 1.00. The maximum atomic E-state index is 5.02. The zero-order chi connectivity index (χ0) is 7.23. The maximum Gasteiger partial charge on any atom is 0.0643 e. The highest BCUT2D eigenvalue weighted by Crippen LogP contribution is 2.15. The van der Waals surface area contributed by atoms with E-state index in [2.05, 4.69) is 11.6 Å². The number of ether oxygens (including phenoxy) is 1. The van der Waals surface area contributed by atoms with Gasteiger partial charge >= 0.3 is 0 Å². The van der Waals surface area contributed by atoms with Gasteiger partial charge in [-0.05, 0) is 6.26 Å². The van der Waals surface area contributed by atoms with E-state index in [1.807, 2.05) is 21.6 Å². The first-order chi connectivity index (χ1) is 4.93. The molecule has 0 saturated carbocycles. The monoisotopic (exact) mass is 179 g/mol. The molecule has 0 aliphatic carbocycles. The molecule has 4 heteroatoms. The van der Waals surface area contributed by atoms with Gasteiger partial charge in [0.05, 0.1) is 19.3 Å². The van der Waals surface area contributed by atoms with E-state index >= 15 is 0 Å². The molecule has 1 N–H and O–H groups in total. The fourth-order valence-electron chi connectivity index (χ4n) is 0.742. The van der Waals surface area contributed by atoms with E-state index in [4.69, 9.17) is 4.74 Å². The van der Waals surface area contributed by atoms with E-state index < -0.39 is 0 Å². The minimum Gasteiger partial charge on any atom is -0.378 e. The lowest BCUT2D eigenvalue weighted by Gasteiger charge is -2.26. The van der Waals surface area contributed by atoms with Gasteiger partial charge in [-0.15, -0.1) is 0 Å². The predicted octanol–water partition coefficient (Wildman–Crippen LogP) is 0.986. The molecule has 0 aromatic carbocycles. The van der Waals surface area contributed by atoms with E-state index in [0.29, 0.717) is 6.04 Å². The van der Waals surface area contributed by atoms with Crippen LogP contribution in [0.3, 0.4) is 0 Å². The minimum absolute atomic E-state index is 0.641. The standard InChI is InChI=1S/C6H13NOS2/c1-9-10-3-2-7-6-4-8-5-6/h6-7H,2-5H2,1H3. The maximum absolute atomic E-state index is 5.02. The second-order valence-corrected chi connectivity index (χ2v) is 4.86. The third-order valence-corrected chi connectivity index (χ3v) is 3.19. The summed E-state index contributed by atoms with van der Waals surface area (Å²) in [6.07, 6.45) is 2.11. The average molecular weight is 179 g/mol. The van der Waals surface area contributed by atoms with Gasteiger partial charge in [0, 0.05) is 12.3 Å². The lowest BCUT2D eigenvalue weighted by molar-refractivity contribution is -0.00405. The van der Waals surface area contributed by atoms with Crippen LogP contribution in [0.1, 0.15) is 0 Å². The summed E-state index contributed by atoms with van der Waals surface area (Å²) in [5.41, 5.74) is 0. The summed E-state index contributed by atoms with van der Waals surface area (Å²) in [6, 6.07) is 0.641. The Morgan fingerprint density at radius 2 is 2.40 bits per heavy atom. The van der Waals surface area contributed by atoms with Crippen LogP contribution in [0.4, 0.5) is 0 Å². The molecule has 0 amide bonds. The smallest absolute Gasteiger partial charge is 0.0643 e. The van der Waals surface area contributed by atoms with Gasteiger partial charge in [-0.3, -0.25) is 0 Å². The molecule has 0 atom stereocenters. The van der Waals surface area contributed by atoms with Crippen LogP contribution in [0, 0.1) is 0 Å². The van der Waals surface area contributed by atoms with Crippen molar-refractivity contribution in [2.24, 2.45) is 0 Å². The summed E-state index contributed by atoms with van der Waals surface area (Å²) in [6.45, 7) is 2.92. The predicted molar refractivity (Wildman–Crippen MR) is 48.6 cm³/mol. The van der Waals surface area contributed by atoms with Gasteiger partial charge in [0.1, 0.15) is 0 Å². The minimum atomic E-state index is 0.641. The second kappa shape index (κ2) is 5.29. The van der Waals surface area contributed by atoms with E-state index in [1.54, 1.807) is 0 Å². The molecular weight excluding hydrogens is 166 g/mol. The molecule has 2 nitrogen and oxygen atoms in total. The average Bonchev–Trinajstić information content (AvgIpc) is 1.84. The SMILES string of the molecule is CSSCCNC1COC1. The van der Waals surface area contributed by atoms with Crippen LogP contribution in [0.2, 0.25) is 0 Å². The zero-order valence-corrected chi connectivity index (χ0v) is 7.76. The molecule has 0 bridgehead atoms. The Bertz CT molecular complexity index is 87.8. The van der Waals surface area contributed by atoms with Crippen molar-refractivity contribution in [3.63, 3.8) is 0 Å². The van der Waals surface area contributed by atoms with Crippen molar-refractivity contribution >= 4 is 21.6 Å². The Balaban J connectivity index is 1.76. The van der Waals surface area contributed by atoms with Crippen LogP contribution in [0.25, 0.3) is 0 Å². The summed E-state index contributed by atoms with van der Waals surface area (Å²) in [5, 5.41) is 3.39. The summed E-state index contributed by atoms with van der Waals surface area (Å²) >= 11 is 0. The van der Waals surface area contributed by atoms with Crippen molar-refractivity contribution in [1.29, 1.82) is 0 Å². The van der Waals surface area contributed by atoms with Crippen molar-refractivity contribution < 1.29 is 4.74 Å². The van der Waals surface area contributed by atoms with Crippen LogP contribution in [0.15, 0.2) is 0 Å². The Kier molecular flexibility index (Phi) is 4.61. The summed E-state index contributed by atoms with van der Waals surface area (Å²) in [4.78, 5) is 0. The highest BCUT2D eigenvalue weighted by molar-refractivity contribution is 8.76. The first-order valence-corrected chi connectivity index (χ1v) is 6.13. The first kappa shape index (κ1) is 8.71. The first-order valence-electron chi connectivity index (χ1n) is 3.40. The van der Waals surface area contributed by atoms with Crippen LogP contribution >= 0.6 is 21.6 Å². The Morgan fingerprint density at radius 3 is 2.90 bits per heavy atom. The van der Waals surface area contributed by atoms with Gasteiger partial charge in [-0.2, -0.15) is 0 Å². The van der Waals surface area contributed by atoms with Crippen molar-refractivity contribution in [2.75, 3.05) is 31.8 Å². The zero-order valence-electron chi connectivity index (χ0n) is 6.13. The third kappa shape index (κ3) is 3.14. The van der Waals surface area contributed by atoms with E-state index in [1.165, 1.54) is 5.75 Å². The fourth-order valence-corrected chi connectivity index (χ4v) is 1.86. The largest absolute Gasteiger partial charge is 0.378 e.